The minimum Gasteiger partial charge on any atom is -0.491 e. The molecule has 0 aliphatic carbocycles. The molecular weight excluding hydrogens is 336 g/mol. The molecule has 0 spiro atoms. The number of aliphatic hydroxyl groups is 1. The zero-order valence-corrected chi connectivity index (χ0v) is 15.8. The molecule has 142 valence electrons. The van der Waals surface area contributed by atoms with Gasteiger partial charge in [0.2, 0.25) is 0 Å². The number of anilines is 1. The summed E-state index contributed by atoms with van der Waals surface area (Å²) < 4.78 is 5.48. The number of aliphatic hydroxyl groups excluding tert-OH is 1. The lowest BCUT2D eigenvalue weighted by Gasteiger charge is -2.37. The molecule has 0 radical (unpaired) electrons. The molecule has 2 aliphatic heterocycles. The summed E-state index contributed by atoms with van der Waals surface area (Å²) in [5.74, 6) is 0.803. The van der Waals surface area contributed by atoms with E-state index in [2.05, 4.69) is 52.4 Å². The standard InChI is InChI=1S/C23H28N2O2/c26-16-17-27-22-6-3-4-19(18-22)8-12-24-13-10-21(11-14-24)25-15-9-20-5-1-2-7-23(20)25/h1-8,12,18,21,26H,9-11,13-17H2. The Morgan fingerprint density at radius 3 is 2.74 bits per heavy atom. The van der Waals surface area contributed by atoms with Crippen LogP contribution in [0.2, 0.25) is 0 Å². The molecule has 0 aromatic heterocycles. The van der Waals surface area contributed by atoms with E-state index in [-0.39, 0.29) is 6.61 Å². The van der Waals surface area contributed by atoms with E-state index < -0.39 is 0 Å². The predicted molar refractivity (Wildman–Crippen MR) is 110 cm³/mol. The molecule has 2 aliphatic rings. The normalized spacial score (nSPS) is 17.5. The van der Waals surface area contributed by atoms with Crippen LogP contribution in [0.3, 0.4) is 0 Å². The highest BCUT2D eigenvalue weighted by Crippen LogP contribution is 2.32. The van der Waals surface area contributed by atoms with Gasteiger partial charge in [0.15, 0.2) is 0 Å². The van der Waals surface area contributed by atoms with Crippen LogP contribution >= 0.6 is 0 Å². The monoisotopic (exact) mass is 364 g/mol. The molecule has 2 heterocycles. The van der Waals surface area contributed by atoms with Gasteiger partial charge in [0, 0.05) is 31.4 Å². The number of hydrogen-bond acceptors (Lipinski definition) is 4. The van der Waals surface area contributed by atoms with Crippen molar-refractivity contribution in [2.45, 2.75) is 25.3 Å². The zero-order chi connectivity index (χ0) is 18.5. The summed E-state index contributed by atoms with van der Waals surface area (Å²) in [5.41, 5.74) is 4.08. The van der Waals surface area contributed by atoms with Gasteiger partial charge in [-0.05, 0) is 60.9 Å². The Hall–Kier alpha value is -2.46. The second-order valence-corrected chi connectivity index (χ2v) is 7.30. The summed E-state index contributed by atoms with van der Waals surface area (Å²) in [5, 5.41) is 8.88. The van der Waals surface area contributed by atoms with Crippen LogP contribution in [0.5, 0.6) is 5.75 Å². The highest BCUT2D eigenvalue weighted by Gasteiger charge is 2.28. The van der Waals surface area contributed by atoms with Gasteiger partial charge in [0.05, 0.1) is 6.61 Å². The van der Waals surface area contributed by atoms with Gasteiger partial charge in [-0.25, -0.2) is 0 Å². The molecule has 1 fully saturated rings. The summed E-state index contributed by atoms with van der Waals surface area (Å²) >= 11 is 0. The maximum absolute atomic E-state index is 8.88. The van der Waals surface area contributed by atoms with Gasteiger partial charge < -0.3 is 19.6 Å². The van der Waals surface area contributed by atoms with Crippen molar-refractivity contribution in [2.24, 2.45) is 0 Å². The number of likely N-dealkylation sites (tertiary alicyclic amines) is 1. The Balaban J connectivity index is 1.32. The van der Waals surface area contributed by atoms with Gasteiger partial charge in [0.25, 0.3) is 0 Å². The number of fused-ring (bicyclic) bond motifs is 1. The predicted octanol–water partition coefficient (Wildman–Crippen LogP) is 3.56. The Labute approximate surface area is 161 Å². The van der Waals surface area contributed by atoms with Crippen molar-refractivity contribution in [2.75, 3.05) is 37.7 Å². The largest absolute Gasteiger partial charge is 0.491 e. The van der Waals surface area contributed by atoms with Gasteiger partial charge in [-0.15, -0.1) is 0 Å². The van der Waals surface area contributed by atoms with Crippen molar-refractivity contribution in [3.63, 3.8) is 0 Å². The number of nitrogens with zero attached hydrogens (tertiary/aromatic N) is 2. The Morgan fingerprint density at radius 2 is 1.89 bits per heavy atom. The van der Waals surface area contributed by atoms with E-state index in [1.54, 1.807) is 0 Å². The van der Waals surface area contributed by atoms with Gasteiger partial charge in [0.1, 0.15) is 12.4 Å². The van der Waals surface area contributed by atoms with E-state index in [9.17, 15) is 0 Å². The van der Waals surface area contributed by atoms with Crippen LogP contribution in [-0.4, -0.2) is 48.9 Å². The minimum absolute atomic E-state index is 0.0382. The van der Waals surface area contributed by atoms with E-state index in [0.29, 0.717) is 12.6 Å². The Morgan fingerprint density at radius 1 is 1.04 bits per heavy atom. The van der Waals surface area contributed by atoms with E-state index in [4.69, 9.17) is 9.84 Å². The summed E-state index contributed by atoms with van der Waals surface area (Å²) in [4.78, 5) is 5.04. The third kappa shape index (κ3) is 4.28. The first kappa shape index (κ1) is 17.9. The molecule has 0 saturated carbocycles. The molecular formula is C23H28N2O2. The van der Waals surface area contributed by atoms with Gasteiger partial charge in [-0.2, -0.15) is 0 Å². The highest BCUT2D eigenvalue weighted by atomic mass is 16.5. The number of rotatable bonds is 6. The second-order valence-electron chi connectivity index (χ2n) is 7.30. The lowest BCUT2D eigenvalue weighted by atomic mass is 10.0. The molecule has 0 bridgehead atoms. The third-order valence-corrected chi connectivity index (χ3v) is 5.56. The second kappa shape index (κ2) is 8.49. The van der Waals surface area contributed by atoms with Gasteiger partial charge in [-0.1, -0.05) is 30.3 Å². The first-order valence-corrected chi connectivity index (χ1v) is 9.94. The number of para-hydroxylation sites is 1. The first-order chi connectivity index (χ1) is 13.3. The highest BCUT2D eigenvalue weighted by molar-refractivity contribution is 5.58. The molecule has 4 heteroatoms. The smallest absolute Gasteiger partial charge is 0.120 e. The molecule has 2 aromatic carbocycles. The zero-order valence-electron chi connectivity index (χ0n) is 15.8. The van der Waals surface area contributed by atoms with Crippen molar-refractivity contribution in [1.82, 2.24) is 4.90 Å². The van der Waals surface area contributed by atoms with E-state index >= 15 is 0 Å². The fraction of sp³-hybridized carbons (Fsp3) is 0.391. The lowest BCUT2D eigenvalue weighted by Crippen LogP contribution is -2.42. The summed E-state index contributed by atoms with van der Waals surface area (Å²) in [6, 6.07) is 17.5. The fourth-order valence-corrected chi connectivity index (χ4v) is 4.15. The van der Waals surface area contributed by atoms with Crippen molar-refractivity contribution >= 4 is 11.8 Å². The maximum atomic E-state index is 8.88. The molecule has 0 unspecified atom stereocenters. The number of piperidine rings is 1. The molecule has 1 saturated heterocycles. The quantitative estimate of drug-likeness (QED) is 0.850. The Bertz CT molecular complexity index is 781. The molecule has 2 aromatic rings. The molecule has 27 heavy (non-hydrogen) atoms. The molecule has 0 atom stereocenters. The summed E-state index contributed by atoms with van der Waals surface area (Å²) in [6.45, 7) is 3.73. The van der Waals surface area contributed by atoms with Crippen molar-refractivity contribution in [3.05, 3.63) is 65.9 Å². The third-order valence-electron chi connectivity index (χ3n) is 5.56. The topological polar surface area (TPSA) is 35.9 Å². The summed E-state index contributed by atoms with van der Waals surface area (Å²) in [7, 11) is 0. The molecule has 0 amide bonds. The van der Waals surface area contributed by atoms with Crippen LogP contribution in [0.4, 0.5) is 5.69 Å². The van der Waals surface area contributed by atoms with Crippen LogP contribution in [0.25, 0.3) is 6.08 Å². The lowest BCUT2D eigenvalue weighted by molar-refractivity contribution is 0.201. The minimum atomic E-state index is 0.0382. The van der Waals surface area contributed by atoms with Gasteiger partial charge >= 0.3 is 0 Å². The van der Waals surface area contributed by atoms with Crippen LogP contribution in [0.1, 0.15) is 24.0 Å². The number of ether oxygens (including phenoxy) is 1. The number of benzene rings is 2. The average Bonchev–Trinajstić information content (AvgIpc) is 3.16. The van der Waals surface area contributed by atoms with Gasteiger partial charge in [-0.3, -0.25) is 0 Å². The molecule has 4 rings (SSSR count). The first-order valence-electron chi connectivity index (χ1n) is 9.94. The van der Waals surface area contributed by atoms with Crippen LogP contribution in [-0.2, 0) is 6.42 Å². The van der Waals surface area contributed by atoms with E-state index in [0.717, 1.165) is 24.4 Å². The molecule has 4 nitrogen and oxygen atoms in total. The number of hydrogen-bond donors (Lipinski definition) is 1. The fourth-order valence-electron chi connectivity index (χ4n) is 4.15. The van der Waals surface area contributed by atoms with Crippen molar-refractivity contribution in [1.29, 1.82) is 0 Å². The van der Waals surface area contributed by atoms with Crippen molar-refractivity contribution in [3.8, 4) is 5.75 Å². The molecule has 1 N–H and O–H groups in total. The van der Waals surface area contributed by atoms with Crippen LogP contribution in [0, 0.1) is 0 Å². The Kier molecular flexibility index (Phi) is 5.64. The maximum Gasteiger partial charge on any atom is 0.120 e. The van der Waals surface area contributed by atoms with E-state index in [1.165, 1.54) is 37.1 Å². The SMILES string of the molecule is OCCOc1cccc(C=CN2CCC(N3CCc4ccccc43)CC2)c1. The van der Waals surface area contributed by atoms with Crippen molar-refractivity contribution < 1.29 is 9.84 Å². The average molecular weight is 364 g/mol. The van der Waals surface area contributed by atoms with Crippen LogP contribution < -0.4 is 9.64 Å². The van der Waals surface area contributed by atoms with E-state index in [1.807, 2.05) is 18.2 Å². The summed E-state index contributed by atoms with van der Waals surface area (Å²) in [6.07, 6.45) is 7.96. The van der Waals surface area contributed by atoms with Crippen LogP contribution in [0.15, 0.2) is 54.7 Å².